The predicted molar refractivity (Wildman–Crippen MR) is 73.3 cm³/mol. The van der Waals surface area contributed by atoms with Crippen molar-refractivity contribution < 1.29 is 0 Å². The number of hydrogen-bond acceptors (Lipinski definition) is 4. The maximum atomic E-state index is 4.12. The van der Waals surface area contributed by atoms with Gasteiger partial charge in [0.15, 0.2) is 0 Å². The van der Waals surface area contributed by atoms with Crippen molar-refractivity contribution in [1.82, 2.24) is 15.4 Å². The minimum Gasteiger partial charge on any atom is -0.130 e. The van der Waals surface area contributed by atoms with Gasteiger partial charge in [0.25, 0.3) is 0 Å². The average Bonchev–Trinajstić information content (AvgIpc) is 2.46. The summed E-state index contributed by atoms with van der Waals surface area (Å²) < 4.78 is 0. The summed E-state index contributed by atoms with van der Waals surface area (Å²) in [6, 6.07) is 18.3. The number of rotatable bonds is 3. The van der Waals surface area contributed by atoms with Crippen molar-refractivity contribution in [3.63, 3.8) is 0 Å². The van der Waals surface area contributed by atoms with Crippen LogP contribution in [0.2, 0.25) is 0 Å². The lowest BCUT2D eigenvalue weighted by molar-refractivity contribution is 0.837. The summed E-state index contributed by atoms with van der Waals surface area (Å²) in [5.74, 6) is 0.892. The van der Waals surface area contributed by atoms with E-state index < -0.39 is 0 Å². The van der Waals surface area contributed by atoms with Gasteiger partial charge in [0.1, 0.15) is 5.03 Å². The molecule has 3 rings (SSSR count). The van der Waals surface area contributed by atoms with E-state index in [2.05, 4.69) is 27.5 Å². The summed E-state index contributed by atoms with van der Waals surface area (Å²) in [5.41, 5.74) is 2.17. The summed E-state index contributed by atoms with van der Waals surface area (Å²) in [7, 11) is 0. The van der Waals surface area contributed by atoms with Gasteiger partial charge in [-0.05, 0) is 22.9 Å². The molecule has 1 heterocycles. The molecular weight excluding hydrogens is 242 g/mol. The van der Waals surface area contributed by atoms with Gasteiger partial charge in [-0.3, -0.25) is 0 Å². The van der Waals surface area contributed by atoms with Crippen molar-refractivity contribution in [2.75, 3.05) is 0 Å². The Labute approximate surface area is 109 Å². The minimum absolute atomic E-state index is 0.892. The number of fused-ring (bicyclic) bond motifs is 1. The van der Waals surface area contributed by atoms with Crippen LogP contribution in [0, 0.1) is 0 Å². The molecule has 3 nitrogen and oxygen atoms in total. The van der Waals surface area contributed by atoms with Crippen LogP contribution in [0.15, 0.2) is 59.6 Å². The number of aromatic nitrogens is 3. The molecule has 18 heavy (non-hydrogen) atoms. The highest BCUT2D eigenvalue weighted by molar-refractivity contribution is 7.98. The van der Waals surface area contributed by atoms with E-state index in [1.54, 1.807) is 11.8 Å². The second kappa shape index (κ2) is 5.14. The molecule has 0 aliphatic rings. The van der Waals surface area contributed by atoms with E-state index in [0.29, 0.717) is 0 Å². The SMILES string of the molecule is c1ccc(CSc2nnnc3ccccc23)cc1. The molecule has 3 aromatic rings. The van der Waals surface area contributed by atoms with Gasteiger partial charge < -0.3 is 0 Å². The Morgan fingerprint density at radius 1 is 0.833 bits per heavy atom. The first-order valence-electron chi connectivity index (χ1n) is 5.68. The molecule has 4 heteroatoms. The second-order valence-corrected chi connectivity index (χ2v) is 4.85. The Bertz CT molecular complexity index is 650. The van der Waals surface area contributed by atoms with Crippen molar-refractivity contribution in [3.8, 4) is 0 Å². The molecule has 0 atom stereocenters. The van der Waals surface area contributed by atoms with Crippen LogP contribution in [0.5, 0.6) is 0 Å². The lowest BCUT2D eigenvalue weighted by Crippen LogP contribution is -1.92. The van der Waals surface area contributed by atoms with Gasteiger partial charge >= 0.3 is 0 Å². The zero-order valence-electron chi connectivity index (χ0n) is 9.65. The normalized spacial score (nSPS) is 10.7. The van der Waals surface area contributed by atoms with Crippen LogP contribution in [0.4, 0.5) is 0 Å². The summed E-state index contributed by atoms with van der Waals surface area (Å²) in [6.07, 6.45) is 0. The maximum absolute atomic E-state index is 4.12. The molecule has 0 aliphatic carbocycles. The van der Waals surface area contributed by atoms with Gasteiger partial charge in [-0.25, -0.2) is 0 Å². The lowest BCUT2D eigenvalue weighted by atomic mass is 10.2. The fourth-order valence-corrected chi connectivity index (χ4v) is 2.66. The third-order valence-corrected chi connectivity index (χ3v) is 3.69. The Balaban J connectivity index is 1.87. The standard InChI is InChI=1S/C14H11N3S/c1-2-6-11(7-3-1)10-18-14-12-8-4-5-9-13(12)15-17-16-14/h1-9H,10H2. The Kier molecular flexibility index (Phi) is 3.19. The van der Waals surface area contributed by atoms with E-state index in [0.717, 1.165) is 21.7 Å². The highest BCUT2D eigenvalue weighted by Crippen LogP contribution is 2.26. The molecule has 1 aromatic heterocycles. The molecule has 0 amide bonds. The number of nitrogens with zero attached hydrogens (tertiary/aromatic N) is 3. The van der Waals surface area contributed by atoms with E-state index in [9.17, 15) is 0 Å². The highest BCUT2D eigenvalue weighted by atomic mass is 32.2. The van der Waals surface area contributed by atoms with Gasteiger partial charge in [0.05, 0.1) is 5.52 Å². The molecular formula is C14H11N3S. The van der Waals surface area contributed by atoms with Crippen molar-refractivity contribution >= 4 is 22.7 Å². The smallest absolute Gasteiger partial charge is 0.130 e. The first kappa shape index (κ1) is 11.2. The first-order chi connectivity index (χ1) is 8.93. The van der Waals surface area contributed by atoms with Crippen LogP contribution < -0.4 is 0 Å². The Morgan fingerprint density at radius 2 is 1.61 bits per heavy atom. The van der Waals surface area contributed by atoms with Gasteiger partial charge in [0.2, 0.25) is 0 Å². The van der Waals surface area contributed by atoms with Gasteiger partial charge in [0, 0.05) is 11.1 Å². The predicted octanol–water partition coefficient (Wildman–Crippen LogP) is 3.32. The molecule has 0 unspecified atom stereocenters. The van der Waals surface area contributed by atoms with E-state index in [1.807, 2.05) is 42.5 Å². The van der Waals surface area contributed by atoms with Gasteiger partial charge in [-0.1, -0.05) is 54.2 Å². The largest absolute Gasteiger partial charge is 0.130 e. The molecule has 0 radical (unpaired) electrons. The third-order valence-electron chi connectivity index (χ3n) is 2.64. The van der Waals surface area contributed by atoms with Gasteiger partial charge in [-0.2, -0.15) is 0 Å². The zero-order chi connectivity index (χ0) is 12.2. The average molecular weight is 253 g/mol. The van der Waals surface area contributed by atoms with Crippen LogP contribution in [-0.2, 0) is 5.75 Å². The fraction of sp³-hybridized carbons (Fsp3) is 0.0714. The van der Waals surface area contributed by atoms with Crippen molar-refractivity contribution in [2.45, 2.75) is 10.8 Å². The Hall–Kier alpha value is -1.94. The topological polar surface area (TPSA) is 38.7 Å². The van der Waals surface area contributed by atoms with Gasteiger partial charge in [-0.15, -0.1) is 10.2 Å². The van der Waals surface area contributed by atoms with E-state index in [1.165, 1.54) is 5.56 Å². The molecule has 0 fully saturated rings. The quantitative estimate of drug-likeness (QED) is 0.671. The van der Waals surface area contributed by atoms with Crippen molar-refractivity contribution in [1.29, 1.82) is 0 Å². The molecule has 88 valence electrons. The van der Waals surface area contributed by atoms with E-state index >= 15 is 0 Å². The highest BCUT2D eigenvalue weighted by Gasteiger charge is 2.04. The van der Waals surface area contributed by atoms with Crippen LogP contribution >= 0.6 is 11.8 Å². The minimum atomic E-state index is 0.892. The Morgan fingerprint density at radius 3 is 2.50 bits per heavy atom. The summed E-state index contributed by atoms with van der Waals surface area (Å²) in [5, 5.41) is 13.9. The van der Waals surface area contributed by atoms with E-state index in [4.69, 9.17) is 0 Å². The molecule has 0 spiro atoms. The maximum Gasteiger partial charge on any atom is 0.130 e. The number of benzene rings is 2. The molecule has 0 bridgehead atoms. The van der Waals surface area contributed by atoms with Crippen LogP contribution in [0.25, 0.3) is 10.9 Å². The molecule has 2 aromatic carbocycles. The van der Waals surface area contributed by atoms with E-state index in [-0.39, 0.29) is 0 Å². The fourth-order valence-electron chi connectivity index (χ4n) is 1.74. The number of hydrogen-bond donors (Lipinski definition) is 0. The zero-order valence-corrected chi connectivity index (χ0v) is 10.5. The molecule has 0 saturated carbocycles. The summed E-state index contributed by atoms with van der Waals surface area (Å²) in [4.78, 5) is 0. The molecule has 0 saturated heterocycles. The van der Waals surface area contributed by atoms with Crippen molar-refractivity contribution in [2.24, 2.45) is 0 Å². The molecule has 0 N–H and O–H groups in total. The lowest BCUT2D eigenvalue weighted by Gasteiger charge is -2.03. The number of thioether (sulfide) groups is 1. The molecule has 0 aliphatic heterocycles. The van der Waals surface area contributed by atoms with Crippen LogP contribution in [-0.4, -0.2) is 15.4 Å². The monoisotopic (exact) mass is 253 g/mol. The van der Waals surface area contributed by atoms with Crippen LogP contribution in [0.1, 0.15) is 5.56 Å². The first-order valence-corrected chi connectivity index (χ1v) is 6.67. The second-order valence-electron chi connectivity index (χ2n) is 3.89. The van der Waals surface area contributed by atoms with Crippen LogP contribution in [0.3, 0.4) is 0 Å². The summed E-state index contributed by atoms with van der Waals surface area (Å²) >= 11 is 1.69. The van der Waals surface area contributed by atoms with Crippen molar-refractivity contribution in [3.05, 3.63) is 60.2 Å². The summed E-state index contributed by atoms with van der Waals surface area (Å²) in [6.45, 7) is 0. The third kappa shape index (κ3) is 2.33.